The second-order valence-corrected chi connectivity index (χ2v) is 10.3. The SMILES string of the molecule is O=C(Cc1cccc2cc3ccc(CC4(O)CCCC4)cc3cc12)OC(O)C(F)(F)S(=O)(=O)O. The molecule has 1 aliphatic carbocycles. The number of alkyl halides is 2. The number of carbonyl (C=O) groups excluding carboxylic acids is 1. The molecule has 0 heterocycles. The molecule has 3 N–H and O–H groups in total. The predicted molar refractivity (Wildman–Crippen MR) is 121 cm³/mol. The first-order valence-electron chi connectivity index (χ1n) is 10.8. The zero-order valence-electron chi connectivity index (χ0n) is 18.1. The standard InChI is InChI=1S/C24H24F2O7S/c25-24(26,34(30,31)32)22(28)33-21(27)13-18-5-3-4-17-11-16-7-6-15(10-19(16)12-20(17)18)14-23(29)8-1-2-9-23/h3-7,10-12,22,28-29H,1-2,8-9,13-14H2,(H,30,31,32). The van der Waals surface area contributed by atoms with Gasteiger partial charge >= 0.3 is 21.3 Å². The first kappa shape index (κ1) is 24.5. The van der Waals surface area contributed by atoms with Crippen LogP contribution in [0, 0.1) is 0 Å². The minimum atomic E-state index is -5.97. The molecule has 3 aromatic carbocycles. The lowest BCUT2D eigenvalue weighted by molar-refractivity contribution is -0.204. The summed E-state index contributed by atoms with van der Waals surface area (Å²) in [5.41, 5.74) is 0.694. The Balaban J connectivity index is 1.60. The van der Waals surface area contributed by atoms with Gasteiger partial charge in [0.25, 0.3) is 6.29 Å². The largest absolute Gasteiger partial charge is 0.430 e. The highest BCUT2D eigenvalue weighted by molar-refractivity contribution is 7.86. The highest BCUT2D eigenvalue weighted by Crippen LogP contribution is 2.34. The van der Waals surface area contributed by atoms with Gasteiger partial charge in [-0.05, 0) is 57.6 Å². The van der Waals surface area contributed by atoms with Crippen molar-refractivity contribution in [3.05, 3.63) is 59.7 Å². The monoisotopic (exact) mass is 494 g/mol. The molecule has 0 aromatic heterocycles. The summed E-state index contributed by atoms with van der Waals surface area (Å²) in [7, 11) is -5.97. The lowest BCUT2D eigenvalue weighted by Gasteiger charge is -2.22. The van der Waals surface area contributed by atoms with Crippen LogP contribution in [0.3, 0.4) is 0 Å². The minimum absolute atomic E-state index is 0.423. The number of esters is 1. The summed E-state index contributed by atoms with van der Waals surface area (Å²) in [5, 5.41) is 18.2. The van der Waals surface area contributed by atoms with Gasteiger partial charge in [-0.15, -0.1) is 0 Å². The molecule has 10 heteroatoms. The molecule has 0 saturated heterocycles. The molecule has 182 valence electrons. The van der Waals surface area contributed by atoms with E-state index in [2.05, 4.69) is 4.74 Å². The van der Waals surface area contributed by atoms with E-state index in [4.69, 9.17) is 4.55 Å². The lowest BCUT2D eigenvalue weighted by Crippen LogP contribution is -2.43. The lowest BCUT2D eigenvalue weighted by atomic mass is 9.91. The van der Waals surface area contributed by atoms with Crippen LogP contribution >= 0.6 is 0 Å². The summed E-state index contributed by atoms with van der Waals surface area (Å²) in [6.07, 6.45) is 0.192. The Kier molecular flexibility index (Phi) is 6.36. The number of hydrogen-bond acceptors (Lipinski definition) is 6. The number of halogens is 2. The average Bonchev–Trinajstić information content (AvgIpc) is 3.17. The Bertz CT molecular complexity index is 1350. The number of hydrogen-bond donors (Lipinski definition) is 3. The molecule has 4 rings (SSSR count). The number of fused-ring (bicyclic) bond motifs is 2. The third-order valence-electron chi connectivity index (χ3n) is 6.27. The van der Waals surface area contributed by atoms with Crippen LogP contribution in [0.1, 0.15) is 36.8 Å². The van der Waals surface area contributed by atoms with Crippen molar-refractivity contribution in [3.63, 3.8) is 0 Å². The van der Waals surface area contributed by atoms with E-state index in [1.807, 2.05) is 36.4 Å². The smallest absolute Gasteiger partial charge is 0.428 e. The first-order chi connectivity index (χ1) is 15.9. The molecule has 1 fully saturated rings. The zero-order valence-corrected chi connectivity index (χ0v) is 18.9. The topological polar surface area (TPSA) is 121 Å². The predicted octanol–water partition coefficient (Wildman–Crippen LogP) is 3.73. The second kappa shape index (κ2) is 8.84. The van der Waals surface area contributed by atoms with E-state index < -0.39 is 39.7 Å². The Morgan fingerprint density at radius 3 is 2.44 bits per heavy atom. The Hall–Kier alpha value is -2.66. The Morgan fingerprint density at radius 2 is 1.76 bits per heavy atom. The minimum Gasteiger partial charge on any atom is -0.428 e. The Morgan fingerprint density at radius 1 is 1.06 bits per heavy atom. The van der Waals surface area contributed by atoms with Gasteiger partial charge < -0.3 is 14.9 Å². The van der Waals surface area contributed by atoms with Gasteiger partial charge in [0.05, 0.1) is 12.0 Å². The second-order valence-electron chi connectivity index (χ2n) is 8.84. The van der Waals surface area contributed by atoms with Gasteiger partial charge in [-0.25, -0.2) is 0 Å². The quantitative estimate of drug-likeness (QED) is 0.198. The summed E-state index contributed by atoms with van der Waals surface area (Å²) in [6.45, 7) is 0. The van der Waals surface area contributed by atoms with Crippen LogP contribution < -0.4 is 0 Å². The zero-order chi connectivity index (χ0) is 24.7. The Labute approximate surface area is 194 Å². The van der Waals surface area contributed by atoms with Crippen molar-refractivity contribution < 1.29 is 41.5 Å². The van der Waals surface area contributed by atoms with Crippen LogP contribution in [-0.4, -0.2) is 46.3 Å². The van der Waals surface area contributed by atoms with Crippen LogP contribution in [-0.2, 0) is 32.5 Å². The van der Waals surface area contributed by atoms with Gasteiger partial charge in [0.2, 0.25) is 0 Å². The average molecular weight is 495 g/mol. The van der Waals surface area contributed by atoms with E-state index in [1.165, 1.54) is 0 Å². The van der Waals surface area contributed by atoms with Gasteiger partial charge in [-0.3, -0.25) is 9.35 Å². The molecule has 34 heavy (non-hydrogen) atoms. The molecule has 1 unspecified atom stereocenters. The third kappa shape index (κ3) is 4.90. The highest BCUT2D eigenvalue weighted by Gasteiger charge is 2.54. The normalized spacial score (nSPS) is 17.2. The molecule has 0 amide bonds. The van der Waals surface area contributed by atoms with Crippen molar-refractivity contribution >= 4 is 37.6 Å². The fourth-order valence-electron chi connectivity index (χ4n) is 4.51. The fraction of sp³-hybridized carbons (Fsp3) is 0.375. The van der Waals surface area contributed by atoms with Gasteiger partial charge in [-0.2, -0.15) is 17.2 Å². The third-order valence-corrected chi connectivity index (χ3v) is 7.16. The first-order valence-corrected chi connectivity index (χ1v) is 12.2. The molecule has 0 spiro atoms. The summed E-state index contributed by atoms with van der Waals surface area (Å²) in [4.78, 5) is 12.2. The number of ether oxygens (including phenoxy) is 1. The molecule has 7 nitrogen and oxygen atoms in total. The van der Waals surface area contributed by atoms with E-state index >= 15 is 0 Å². The number of benzene rings is 3. The van der Waals surface area contributed by atoms with Crippen LogP contribution in [0.4, 0.5) is 8.78 Å². The fourth-order valence-corrected chi connectivity index (χ4v) is 4.81. The van der Waals surface area contributed by atoms with Crippen molar-refractivity contribution in [1.29, 1.82) is 0 Å². The van der Waals surface area contributed by atoms with Crippen molar-refractivity contribution in [2.45, 2.75) is 55.7 Å². The maximum atomic E-state index is 13.5. The van der Waals surface area contributed by atoms with Crippen LogP contribution in [0.25, 0.3) is 21.5 Å². The molecule has 0 bridgehead atoms. The molecular formula is C24H24F2O7S. The number of rotatable bonds is 7. The van der Waals surface area contributed by atoms with E-state index in [0.29, 0.717) is 17.4 Å². The summed E-state index contributed by atoms with van der Waals surface area (Å²) in [5.74, 6) is -1.29. The molecule has 3 aromatic rings. The van der Waals surface area contributed by atoms with Gasteiger partial charge in [-0.1, -0.05) is 49.2 Å². The maximum Gasteiger partial charge on any atom is 0.430 e. The van der Waals surface area contributed by atoms with E-state index in [9.17, 15) is 32.2 Å². The molecule has 1 aliphatic rings. The molecular weight excluding hydrogens is 470 g/mol. The van der Waals surface area contributed by atoms with Crippen LogP contribution in [0.15, 0.2) is 48.5 Å². The number of aliphatic hydroxyl groups excluding tert-OH is 1. The van der Waals surface area contributed by atoms with E-state index in [1.54, 1.807) is 12.1 Å². The summed E-state index contributed by atoms with van der Waals surface area (Å²) in [6, 6.07) is 14.7. The van der Waals surface area contributed by atoms with Crippen molar-refractivity contribution in [1.82, 2.24) is 0 Å². The van der Waals surface area contributed by atoms with Crippen molar-refractivity contribution in [3.8, 4) is 0 Å². The van der Waals surface area contributed by atoms with Crippen LogP contribution in [0.5, 0.6) is 0 Å². The van der Waals surface area contributed by atoms with Gasteiger partial charge in [0.1, 0.15) is 0 Å². The van der Waals surface area contributed by atoms with Crippen molar-refractivity contribution in [2.24, 2.45) is 0 Å². The van der Waals surface area contributed by atoms with Crippen molar-refractivity contribution in [2.75, 3.05) is 0 Å². The van der Waals surface area contributed by atoms with E-state index in [-0.39, 0.29) is 0 Å². The van der Waals surface area contributed by atoms with Gasteiger partial charge in [0.15, 0.2) is 0 Å². The highest BCUT2D eigenvalue weighted by atomic mass is 32.2. The maximum absolute atomic E-state index is 13.5. The number of aliphatic hydroxyl groups is 2. The summed E-state index contributed by atoms with van der Waals surface area (Å²) >= 11 is 0. The van der Waals surface area contributed by atoms with E-state index in [0.717, 1.165) is 47.4 Å². The van der Waals surface area contributed by atoms with Gasteiger partial charge in [0, 0.05) is 6.42 Å². The number of carbonyl (C=O) groups is 1. The molecule has 1 atom stereocenters. The van der Waals surface area contributed by atoms with Crippen LogP contribution in [0.2, 0.25) is 0 Å². The molecule has 1 saturated carbocycles. The summed E-state index contributed by atoms with van der Waals surface area (Å²) < 4.78 is 61.1. The molecule has 0 aliphatic heterocycles. The molecule has 0 radical (unpaired) electrons.